The predicted molar refractivity (Wildman–Crippen MR) is 78.0 cm³/mol. The van der Waals surface area contributed by atoms with E-state index < -0.39 is 11.1 Å². The van der Waals surface area contributed by atoms with Crippen LogP contribution in [0.5, 0.6) is 11.5 Å². The van der Waals surface area contributed by atoms with Crippen molar-refractivity contribution < 1.29 is 19.4 Å². The Morgan fingerprint density at radius 1 is 1.10 bits per heavy atom. The van der Waals surface area contributed by atoms with Gasteiger partial charge in [-0.3, -0.25) is 4.74 Å². The molecule has 6 nitrogen and oxygen atoms in total. The Morgan fingerprint density at radius 3 is 2.10 bits per heavy atom. The fourth-order valence-electron chi connectivity index (χ4n) is 2.32. The van der Waals surface area contributed by atoms with Gasteiger partial charge in [0.25, 0.3) is 0 Å². The molecular weight excluding hydrogens is 272 g/mol. The summed E-state index contributed by atoms with van der Waals surface area (Å²) in [6.45, 7) is 7.05. The highest BCUT2D eigenvalue weighted by Crippen LogP contribution is 2.38. The summed E-state index contributed by atoms with van der Waals surface area (Å²) in [7, 11) is 3.05. The van der Waals surface area contributed by atoms with Gasteiger partial charge in [0.1, 0.15) is 5.54 Å². The molecule has 0 unspecified atom stereocenters. The molecule has 6 heteroatoms. The molecule has 0 atom stereocenters. The second-order valence-electron chi connectivity index (χ2n) is 6.10. The first-order valence-corrected chi connectivity index (χ1v) is 6.72. The van der Waals surface area contributed by atoms with Gasteiger partial charge < -0.3 is 14.7 Å². The summed E-state index contributed by atoms with van der Waals surface area (Å²) < 4.78 is 11.2. The van der Waals surface area contributed by atoms with E-state index in [1.54, 1.807) is 45.9 Å². The lowest BCUT2D eigenvalue weighted by Gasteiger charge is -2.32. The van der Waals surface area contributed by atoms with Gasteiger partial charge in [0.15, 0.2) is 17.0 Å². The molecule has 0 bridgehead atoms. The molecule has 1 aromatic rings. The van der Waals surface area contributed by atoms with Gasteiger partial charge in [-0.1, -0.05) is 5.06 Å². The number of hydrogen-bond acceptors (Lipinski definition) is 4. The minimum Gasteiger partial charge on any atom is -0.714 e. The van der Waals surface area contributed by atoms with Crippen LogP contribution in [0.3, 0.4) is 0 Å². The molecule has 1 heterocycles. The van der Waals surface area contributed by atoms with Crippen molar-refractivity contribution in [1.82, 2.24) is 5.06 Å². The number of benzene rings is 1. The Kier molecular flexibility index (Phi) is 3.53. The fraction of sp³-hybridized carbons (Fsp3) is 0.533. The van der Waals surface area contributed by atoms with Crippen molar-refractivity contribution in [1.29, 1.82) is 0 Å². The SMILES string of the molecule is COc1ccc(C2=[N+]([O-])C(C)(C)C(C)(C)N2[O])cc1OC. The standard InChI is InChI=1S/C15H21N2O4/c1-14(2)15(3,4)17(19)13(16(14)18)10-7-8-11(20-5)12(9-10)21-6/h7-9H,1-6H3. The zero-order chi connectivity index (χ0) is 16.0. The van der Waals surface area contributed by atoms with Crippen molar-refractivity contribution in [3.05, 3.63) is 29.0 Å². The van der Waals surface area contributed by atoms with Crippen LogP contribution in [-0.4, -0.2) is 40.9 Å². The maximum atomic E-state index is 12.6. The molecule has 1 radical (unpaired) electrons. The smallest absolute Gasteiger partial charge is 0.316 e. The Morgan fingerprint density at radius 2 is 1.67 bits per heavy atom. The van der Waals surface area contributed by atoms with Gasteiger partial charge >= 0.3 is 5.84 Å². The second kappa shape index (κ2) is 4.80. The molecule has 0 saturated heterocycles. The average Bonchev–Trinajstić information content (AvgIpc) is 2.57. The van der Waals surface area contributed by atoms with Gasteiger partial charge in [-0.2, -0.15) is 0 Å². The zero-order valence-corrected chi connectivity index (χ0v) is 13.3. The Hall–Kier alpha value is -1.95. The number of ether oxygens (including phenoxy) is 2. The summed E-state index contributed by atoms with van der Waals surface area (Å²) in [6, 6.07) is 5.01. The van der Waals surface area contributed by atoms with Crippen molar-refractivity contribution in [3.63, 3.8) is 0 Å². The maximum Gasteiger partial charge on any atom is 0.316 e. The molecule has 1 aromatic carbocycles. The second-order valence-corrected chi connectivity index (χ2v) is 6.10. The highest BCUT2D eigenvalue weighted by atomic mass is 16.5. The van der Waals surface area contributed by atoms with Gasteiger partial charge in [-0.25, -0.2) is 0 Å². The molecule has 0 saturated carbocycles. The number of rotatable bonds is 3. The highest BCUT2D eigenvalue weighted by Gasteiger charge is 2.59. The van der Waals surface area contributed by atoms with Crippen molar-refractivity contribution >= 4 is 5.84 Å². The van der Waals surface area contributed by atoms with E-state index in [-0.39, 0.29) is 5.84 Å². The van der Waals surface area contributed by atoms with Crippen molar-refractivity contribution in [3.8, 4) is 11.5 Å². The van der Waals surface area contributed by atoms with Crippen LogP contribution in [0.15, 0.2) is 18.2 Å². The number of hydrogen-bond donors (Lipinski definition) is 0. The van der Waals surface area contributed by atoms with Crippen LogP contribution in [0.1, 0.15) is 33.3 Å². The van der Waals surface area contributed by atoms with Crippen LogP contribution >= 0.6 is 0 Å². The van der Waals surface area contributed by atoms with Gasteiger partial charge in [0, 0.05) is 5.21 Å². The van der Waals surface area contributed by atoms with E-state index in [0.29, 0.717) is 17.1 Å². The van der Waals surface area contributed by atoms with Crippen molar-refractivity contribution in [2.45, 2.75) is 38.8 Å². The number of amidine groups is 1. The minimum atomic E-state index is -0.836. The number of nitrogens with zero attached hydrogens (tertiary/aromatic N) is 2. The fourth-order valence-corrected chi connectivity index (χ4v) is 2.32. The summed E-state index contributed by atoms with van der Waals surface area (Å²) in [5.74, 6) is 1.12. The van der Waals surface area contributed by atoms with E-state index >= 15 is 0 Å². The summed E-state index contributed by atoms with van der Waals surface area (Å²) in [5.41, 5.74) is -1.16. The van der Waals surface area contributed by atoms with Gasteiger partial charge in [0.2, 0.25) is 0 Å². The van der Waals surface area contributed by atoms with E-state index in [9.17, 15) is 10.4 Å². The molecule has 0 aliphatic carbocycles. The molecule has 115 valence electrons. The van der Waals surface area contributed by atoms with Crippen LogP contribution in [0, 0.1) is 5.21 Å². The monoisotopic (exact) mass is 293 g/mol. The number of methoxy groups -OCH3 is 2. The molecule has 0 amide bonds. The lowest BCUT2D eigenvalue weighted by Crippen LogP contribution is -2.53. The Labute approximate surface area is 124 Å². The third kappa shape index (κ3) is 2.01. The van der Waals surface area contributed by atoms with Crippen LogP contribution in [0.4, 0.5) is 0 Å². The van der Waals surface area contributed by atoms with Crippen LogP contribution < -0.4 is 9.47 Å². The molecule has 21 heavy (non-hydrogen) atoms. The van der Waals surface area contributed by atoms with Crippen molar-refractivity contribution in [2.24, 2.45) is 0 Å². The molecule has 1 aliphatic heterocycles. The molecular formula is C15H21N2O4. The topological polar surface area (TPSA) is 67.7 Å². The third-order valence-corrected chi connectivity index (χ3v) is 4.54. The van der Waals surface area contributed by atoms with E-state index in [1.807, 2.05) is 0 Å². The maximum absolute atomic E-state index is 12.6. The Balaban J connectivity index is 2.59. The first kappa shape index (κ1) is 15.4. The highest BCUT2D eigenvalue weighted by molar-refractivity contribution is 5.96. The van der Waals surface area contributed by atoms with Gasteiger partial charge in [-0.15, -0.1) is 0 Å². The van der Waals surface area contributed by atoms with Gasteiger partial charge in [0.05, 0.1) is 19.8 Å². The lowest BCUT2D eigenvalue weighted by atomic mass is 9.84. The molecule has 0 spiro atoms. The Bertz CT molecular complexity index is 593. The first-order chi connectivity index (χ1) is 9.68. The predicted octanol–water partition coefficient (Wildman–Crippen LogP) is 2.18. The molecule has 0 N–H and O–H groups in total. The van der Waals surface area contributed by atoms with Crippen LogP contribution in [-0.2, 0) is 5.21 Å². The molecule has 0 aromatic heterocycles. The number of hydroxylamine groups is 3. The first-order valence-electron chi connectivity index (χ1n) is 6.72. The van der Waals surface area contributed by atoms with E-state index in [1.165, 1.54) is 14.2 Å². The van der Waals surface area contributed by atoms with Crippen LogP contribution in [0.25, 0.3) is 0 Å². The zero-order valence-electron chi connectivity index (χ0n) is 13.3. The summed E-state index contributed by atoms with van der Waals surface area (Å²) in [5, 5.41) is 25.9. The van der Waals surface area contributed by atoms with E-state index in [0.717, 1.165) is 9.80 Å². The summed E-state index contributed by atoms with van der Waals surface area (Å²) >= 11 is 0. The molecule has 0 fully saturated rings. The largest absolute Gasteiger partial charge is 0.714 e. The van der Waals surface area contributed by atoms with E-state index in [2.05, 4.69) is 0 Å². The van der Waals surface area contributed by atoms with Gasteiger partial charge in [-0.05, 0) is 45.9 Å². The average molecular weight is 293 g/mol. The normalized spacial score (nSPS) is 19.9. The van der Waals surface area contributed by atoms with Crippen molar-refractivity contribution in [2.75, 3.05) is 14.2 Å². The molecule has 2 rings (SSSR count). The van der Waals surface area contributed by atoms with E-state index in [4.69, 9.17) is 9.47 Å². The quantitative estimate of drug-likeness (QED) is 0.633. The minimum absolute atomic E-state index is 0.0888. The summed E-state index contributed by atoms with van der Waals surface area (Å²) in [4.78, 5) is 0. The molecule has 1 aliphatic rings. The summed E-state index contributed by atoms with van der Waals surface area (Å²) in [6.07, 6.45) is 0. The van der Waals surface area contributed by atoms with Crippen LogP contribution in [0.2, 0.25) is 0 Å². The third-order valence-electron chi connectivity index (χ3n) is 4.54. The lowest BCUT2D eigenvalue weighted by molar-refractivity contribution is -0.539.